The van der Waals surface area contributed by atoms with E-state index in [-0.39, 0.29) is 12.2 Å². The maximum absolute atomic E-state index is 11.9. The van der Waals surface area contributed by atoms with Crippen molar-refractivity contribution in [1.29, 1.82) is 0 Å². The number of nitrogen functional groups attached to an aromatic ring is 1. The van der Waals surface area contributed by atoms with E-state index in [2.05, 4.69) is 34.1 Å². The Hall–Kier alpha value is -0.470. The first-order chi connectivity index (χ1) is 12.7. The monoisotopic (exact) mass is 529 g/mol. The van der Waals surface area contributed by atoms with Gasteiger partial charge in [0.15, 0.2) is 0 Å². The van der Waals surface area contributed by atoms with Crippen LogP contribution in [0.3, 0.4) is 0 Å². The summed E-state index contributed by atoms with van der Waals surface area (Å²) in [7, 11) is -16.3. The minimum absolute atomic E-state index is 0.0107. The summed E-state index contributed by atoms with van der Waals surface area (Å²) in [4.78, 5) is 50.8. The topological polar surface area (TPSA) is 230 Å². The van der Waals surface area contributed by atoms with Crippen molar-refractivity contribution in [3.8, 4) is 0 Å². The molecule has 0 spiro atoms. The summed E-state index contributed by atoms with van der Waals surface area (Å²) in [5.41, 5.74) is 4.81. The summed E-state index contributed by atoms with van der Waals surface area (Å²) in [6.45, 7) is -0.599. The van der Waals surface area contributed by atoms with Gasteiger partial charge >= 0.3 is 29.2 Å². The second-order valence-electron chi connectivity index (χ2n) is 5.34. The Labute approximate surface area is 165 Å². The van der Waals surface area contributed by atoms with Crippen molar-refractivity contribution < 1.29 is 51.2 Å². The molecule has 2 unspecified atom stereocenters. The van der Waals surface area contributed by atoms with Crippen LogP contribution in [0.15, 0.2) is 15.5 Å². The number of halogens is 1. The molecule has 15 nitrogen and oxygen atoms in total. The van der Waals surface area contributed by atoms with Crippen molar-refractivity contribution in [1.82, 2.24) is 9.55 Å². The molecule has 0 bridgehead atoms. The molecule has 0 radical (unpaired) electrons. The number of rotatable bonds is 8. The zero-order chi connectivity index (χ0) is 21.3. The van der Waals surface area contributed by atoms with Crippen molar-refractivity contribution >= 4 is 45.2 Å². The molecule has 0 aliphatic carbocycles. The van der Waals surface area contributed by atoms with Crippen LogP contribution in [0.5, 0.6) is 0 Å². The molecule has 160 valence electrons. The molecule has 2 heterocycles. The number of hydrogen-bond donors (Lipinski definition) is 5. The molecule has 1 aromatic rings. The lowest BCUT2D eigenvalue weighted by atomic mass is 10.2. The molecular formula is C9H15BrN3O12P3. The van der Waals surface area contributed by atoms with Crippen LogP contribution in [-0.4, -0.2) is 41.8 Å². The molecular weight excluding hydrogens is 515 g/mol. The lowest BCUT2D eigenvalue weighted by Crippen LogP contribution is -2.28. The Morgan fingerprint density at radius 2 is 1.86 bits per heavy atom. The molecule has 4 atom stereocenters. The summed E-state index contributed by atoms with van der Waals surface area (Å²) < 4.78 is 52.1. The molecule has 19 heteroatoms. The van der Waals surface area contributed by atoms with Gasteiger partial charge in [-0.05, 0) is 28.8 Å². The zero-order valence-corrected chi connectivity index (χ0v) is 17.9. The summed E-state index contributed by atoms with van der Waals surface area (Å²) in [5.74, 6) is -0.0107. The highest BCUT2D eigenvalue weighted by Gasteiger charge is 2.41. The van der Waals surface area contributed by atoms with E-state index in [1.54, 1.807) is 0 Å². The Bertz CT molecular complexity index is 933. The van der Waals surface area contributed by atoms with Gasteiger partial charge in [0.1, 0.15) is 12.0 Å². The highest BCUT2D eigenvalue weighted by molar-refractivity contribution is 9.10. The predicted octanol–water partition coefficient (Wildman–Crippen LogP) is 0.609. The number of nitrogens with two attached hydrogens (primary N) is 1. The third-order valence-electron chi connectivity index (χ3n) is 3.17. The van der Waals surface area contributed by atoms with Gasteiger partial charge in [0.05, 0.1) is 17.2 Å². The van der Waals surface area contributed by atoms with Gasteiger partial charge in [0.2, 0.25) is 0 Å². The Morgan fingerprint density at radius 1 is 1.21 bits per heavy atom. The van der Waals surface area contributed by atoms with E-state index in [9.17, 15) is 23.4 Å². The van der Waals surface area contributed by atoms with Gasteiger partial charge in [-0.25, -0.2) is 18.5 Å². The normalized spacial score (nSPS) is 24.6. The van der Waals surface area contributed by atoms with E-state index < -0.39 is 48.1 Å². The molecule has 1 saturated heterocycles. The van der Waals surface area contributed by atoms with Crippen molar-refractivity contribution in [2.24, 2.45) is 0 Å². The fraction of sp³-hybridized carbons (Fsp3) is 0.556. The Morgan fingerprint density at radius 3 is 2.46 bits per heavy atom. The van der Waals surface area contributed by atoms with Crippen LogP contribution in [0.2, 0.25) is 0 Å². The smallest absolute Gasteiger partial charge is 0.383 e. The van der Waals surface area contributed by atoms with Crippen molar-refractivity contribution in [3.63, 3.8) is 0 Å². The van der Waals surface area contributed by atoms with Gasteiger partial charge in [-0.3, -0.25) is 9.09 Å². The van der Waals surface area contributed by atoms with Gasteiger partial charge < -0.3 is 30.0 Å². The van der Waals surface area contributed by atoms with Gasteiger partial charge in [0.25, 0.3) is 0 Å². The summed E-state index contributed by atoms with van der Waals surface area (Å²) in [5, 5.41) is 0. The van der Waals surface area contributed by atoms with E-state index in [1.807, 2.05) is 0 Å². The fourth-order valence-corrected chi connectivity index (χ4v) is 5.52. The van der Waals surface area contributed by atoms with Crippen LogP contribution >= 0.6 is 39.4 Å². The zero-order valence-electron chi connectivity index (χ0n) is 13.6. The molecule has 1 aliphatic heterocycles. The molecule has 0 saturated carbocycles. The highest BCUT2D eigenvalue weighted by Crippen LogP contribution is 2.66. The number of nitrogens with zero attached hydrogens (tertiary/aromatic N) is 2. The lowest BCUT2D eigenvalue weighted by Gasteiger charge is -2.19. The van der Waals surface area contributed by atoms with Crippen LogP contribution in [0.25, 0.3) is 0 Å². The first kappa shape index (κ1) is 23.8. The number of aromatic nitrogens is 2. The maximum Gasteiger partial charge on any atom is 0.490 e. The molecule has 1 aliphatic rings. The summed E-state index contributed by atoms with van der Waals surface area (Å²) in [6.07, 6.45) is 0.363. The van der Waals surface area contributed by atoms with E-state index in [0.717, 1.165) is 4.57 Å². The van der Waals surface area contributed by atoms with Gasteiger partial charge in [-0.15, -0.1) is 0 Å². The molecule has 1 aromatic heterocycles. The van der Waals surface area contributed by atoms with Crippen LogP contribution in [0.4, 0.5) is 5.82 Å². The molecule has 1 fully saturated rings. The number of phosphoric ester groups is 1. The number of anilines is 1. The minimum atomic E-state index is -5.59. The average Bonchev–Trinajstić information content (AvgIpc) is 2.94. The second kappa shape index (κ2) is 8.72. The van der Waals surface area contributed by atoms with Gasteiger partial charge in [0, 0.05) is 6.20 Å². The largest absolute Gasteiger partial charge is 0.490 e. The van der Waals surface area contributed by atoms with E-state index in [0.29, 0.717) is 10.9 Å². The molecule has 2 rings (SSSR count). The van der Waals surface area contributed by atoms with E-state index in [1.165, 1.54) is 6.20 Å². The predicted molar refractivity (Wildman–Crippen MR) is 93.6 cm³/mol. The molecule has 28 heavy (non-hydrogen) atoms. The summed E-state index contributed by atoms with van der Waals surface area (Å²) >= 11 is 3.12. The second-order valence-corrected chi connectivity index (χ2v) is 10.6. The lowest BCUT2D eigenvalue weighted by molar-refractivity contribution is -0.0243. The average molecular weight is 530 g/mol. The standard InChI is InChI=1S/C9H15BrN3O12P3/c10-6-3-13(9(14)12-8(6)11)7-2-1-5(23-7)4-22-27(18,19)25-28(20,21)24-26(15,16)17/h3,5,7H,1-2,4H2,(H,18,19)(H,20,21)(H2,11,12,14)(H2,15,16,17)/t5-,7+/m0/s1. The number of ether oxygens (including phenoxy) is 1. The van der Waals surface area contributed by atoms with Crippen LogP contribution in [-0.2, 0) is 31.6 Å². The first-order valence-corrected chi connectivity index (χ1v) is 12.5. The third-order valence-corrected chi connectivity index (χ3v) is 7.58. The van der Waals surface area contributed by atoms with Gasteiger partial charge in [-0.1, -0.05) is 0 Å². The van der Waals surface area contributed by atoms with E-state index >= 15 is 0 Å². The molecule has 0 aromatic carbocycles. The van der Waals surface area contributed by atoms with E-state index in [4.69, 9.17) is 25.2 Å². The quantitative estimate of drug-likeness (QED) is 0.290. The van der Waals surface area contributed by atoms with Gasteiger partial charge in [-0.2, -0.15) is 13.6 Å². The van der Waals surface area contributed by atoms with Crippen LogP contribution < -0.4 is 11.4 Å². The number of phosphoric acid groups is 3. The van der Waals surface area contributed by atoms with Crippen LogP contribution in [0.1, 0.15) is 19.1 Å². The maximum atomic E-state index is 11.9. The Balaban J connectivity index is 1.95. The third kappa shape index (κ3) is 7.10. The Kier molecular flexibility index (Phi) is 7.41. The first-order valence-electron chi connectivity index (χ1n) is 7.15. The summed E-state index contributed by atoms with van der Waals surface area (Å²) in [6, 6.07) is 0. The minimum Gasteiger partial charge on any atom is -0.383 e. The molecule has 6 N–H and O–H groups in total. The highest BCUT2D eigenvalue weighted by atomic mass is 79.9. The van der Waals surface area contributed by atoms with Crippen molar-refractivity contribution in [2.75, 3.05) is 12.3 Å². The number of hydrogen-bond acceptors (Lipinski definition) is 10. The SMILES string of the molecule is Nc1nc(=O)n([C@H]2CC[C@@H](COP(=O)(O)OP(=O)(O)OP(=O)(O)O)O2)cc1Br. The fourth-order valence-electron chi connectivity index (χ4n) is 2.16. The van der Waals surface area contributed by atoms with Crippen molar-refractivity contribution in [2.45, 2.75) is 25.2 Å². The van der Waals surface area contributed by atoms with Crippen molar-refractivity contribution in [3.05, 3.63) is 21.2 Å². The molecule has 0 amide bonds. The van der Waals surface area contributed by atoms with Crippen LogP contribution in [0, 0.1) is 0 Å².